The second-order valence-corrected chi connectivity index (χ2v) is 23.9. The van der Waals surface area contributed by atoms with Crippen LogP contribution in [0.1, 0.15) is 99.3 Å². The number of ether oxygens (including phenoxy) is 9. The van der Waals surface area contributed by atoms with E-state index in [1.54, 1.807) is 0 Å². The van der Waals surface area contributed by atoms with Crippen molar-refractivity contribution in [2.45, 2.75) is 246 Å². The van der Waals surface area contributed by atoms with Crippen molar-refractivity contribution in [3.63, 3.8) is 0 Å². The van der Waals surface area contributed by atoms with E-state index in [4.69, 9.17) is 42.6 Å². The highest BCUT2D eigenvalue weighted by atomic mass is 16.8. The molecule has 73 heavy (non-hydrogen) atoms. The summed E-state index contributed by atoms with van der Waals surface area (Å²) in [6, 6.07) is 0. The maximum absolute atomic E-state index is 12.3. The van der Waals surface area contributed by atoms with E-state index >= 15 is 0 Å². The topological polar surface area (TPSA) is 346 Å². The van der Waals surface area contributed by atoms with Crippen LogP contribution in [-0.4, -0.2) is 233 Å². The van der Waals surface area contributed by atoms with E-state index in [1.807, 2.05) is 6.92 Å². The zero-order valence-corrected chi connectivity index (χ0v) is 42.7. The molecule has 31 atom stereocenters. The van der Waals surface area contributed by atoms with Crippen molar-refractivity contribution in [2.24, 2.45) is 40.4 Å². The molecule has 4 aliphatic carbocycles. The fourth-order valence-corrected chi connectivity index (χ4v) is 14.8. The van der Waals surface area contributed by atoms with E-state index in [0.29, 0.717) is 38.0 Å². The minimum atomic E-state index is -1.75. The Morgan fingerprint density at radius 3 is 1.86 bits per heavy atom. The number of aliphatic hydroxyl groups excluding tert-OH is 12. The monoisotopic (exact) mass is 1050 g/mol. The molecule has 5 saturated heterocycles. The van der Waals surface area contributed by atoms with E-state index in [0.717, 1.165) is 25.7 Å². The summed E-state index contributed by atoms with van der Waals surface area (Å²) in [7, 11) is 0. The number of rotatable bonds is 14. The van der Waals surface area contributed by atoms with Crippen LogP contribution in [0.4, 0.5) is 0 Å². The summed E-state index contributed by atoms with van der Waals surface area (Å²) in [5.41, 5.74) is -0.0527. The first-order valence-corrected chi connectivity index (χ1v) is 26.8. The van der Waals surface area contributed by atoms with Crippen LogP contribution in [0.25, 0.3) is 0 Å². The molecule has 8 unspecified atom stereocenters. The molecule has 13 N–H and O–H groups in total. The van der Waals surface area contributed by atoms with Crippen LogP contribution in [0.5, 0.6) is 0 Å². The second kappa shape index (κ2) is 21.8. The van der Waals surface area contributed by atoms with Gasteiger partial charge in [-0.15, -0.1) is 0 Å². The summed E-state index contributed by atoms with van der Waals surface area (Å²) in [4.78, 5) is 0. The number of hydrogen-bond donors (Lipinski definition) is 13. The van der Waals surface area contributed by atoms with Gasteiger partial charge in [-0.05, 0) is 106 Å². The maximum Gasteiger partial charge on any atom is 0.187 e. The lowest BCUT2D eigenvalue weighted by Gasteiger charge is -2.58. The van der Waals surface area contributed by atoms with Crippen LogP contribution in [0.3, 0.4) is 0 Å². The molecule has 0 radical (unpaired) electrons. The molecule has 420 valence electrons. The highest BCUT2D eigenvalue weighted by Crippen LogP contribution is 2.68. The van der Waals surface area contributed by atoms with E-state index in [1.165, 1.54) is 19.4 Å². The third kappa shape index (κ3) is 10.2. The molecular weight excluding hydrogens is 965 g/mol. The summed E-state index contributed by atoms with van der Waals surface area (Å²) in [5.74, 6) is 0.652. The number of hydrogen-bond acceptors (Lipinski definition) is 22. The van der Waals surface area contributed by atoms with Gasteiger partial charge in [0.15, 0.2) is 25.2 Å². The van der Waals surface area contributed by atoms with E-state index < -0.39 is 148 Å². The van der Waals surface area contributed by atoms with Gasteiger partial charge in [-0.2, -0.15) is 0 Å². The number of allylic oxidation sites excluding steroid dienone is 1. The molecule has 22 heteroatoms. The third-order valence-electron chi connectivity index (χ3n) is 19.4. The summed E-state index contributed by atoms with van der Waals surface area (Å²) >= 11 is 0. The van der Waals surface area contributed by atoms with Crippen molar-refractivity contribution in [2.75, 3.05) is 19.8 Å². The summed E-state index contributed by atoms with van der Waals surface area (Å²) in [5, 5.41) is 139. The predicted octanol–water partition coefficient (Wildman–Crippen LogP) is -2.18. The molecule has 8 fully saturated rings. The Hall–Kier alpha value is -1.14. The predicted molar refractivity (Wildman–Crippen MR) is 249 cm³/mol. The van der Waals surface area contributed by atoms with E-state index in [-0.39, 0.29) is 53.3 Å². The fourth-order valence-electron chi connectivity index (χ4n) is 14.8. The lowest BCUT2D eigenvalue weighted by molar-refractivity contribution is -0.388. The first-order valence-electron chi connectivity index (χ1n) is 26.8. The van der Waals surface area contributed by atoms with Gasteiger partial charge in [-0.3, -0.25) is 0 Å². The molecule has 0 amide bonds. The smallest absolute Gasteiger partial charge is 0.187 e. The van der Waals surface area contributed by atoms with E-state index in [9.17, 15) is 66.4 Å². The van der Waals surface area contributed by atoms with Crippen LogP contribution in [0.15, 0.2) is 11.6 Å². The zero-order valence-electron chi connectivity index (χ0n) is 42.7. The van der Waals surface area contributed by atoms with Crippen molar-refractivity contribution in [3.8, 4) is 0 Å². The highest BCUT2D eigenvalue weighted by molar-refractivity contribution is 5.27. The van der Waals surface area contributed by atoms with Gasteiger partial charge in [0.05, 0.1) is 55.9 Å². The standard InChI is InChI=1S/C51H84O22/c1-20(19-65-45-38(60)37(59)34(56)29(17-52)70-45)9-14-51(64)16-28-31(21(51)2)50(6)13-11-27-26(44(50)69-28)8-7-24-15-25(10-12-49(24,27)5)68-48-43(73-47-40(62)36(58)33(55)23(4)67-47)41(63)42(30(18-53)71-48)72-46-39(61)35(57)32(54)22(3)66-46/h7,20-23,25-48,52-64H,8-19H2,1-6H3/t20-,21+,22+,23+,25+,26?,27?,28?,29-,30-,31?,32+,33+,34-,35-,36-,37+,38-,39-,40-,41+,42-,43-,44?,45-,46?,47?,48?,49+,50-,51-/m1/s1. The van der Waals surface area contributed by atoms with Crippen molar-refractivity contribution >= 4 is 0 Å². The Balaban J connectivity index is 0.846. The highest BCUT2D eigenvalue weighted by Gasteiger charge is 2.68. The number of aliphatic hydroxyl groups is 13. The van der Waals surface area contributed by atoms with Gasteiger partial charge >= 0.3 is 0 Å². The Bertz CT molecular complexity index is 1900. The summed E-state index contributed by atoms with van der Waals surface area (Å²) < 4.78 is 55.0. The fraction of sp³-hybridized carbons (Fsp3) is 0.961. The van der Waals surface area contributed by atoms with Gasteiger partial charge in [0.25, 0.3) is 0 Å². The van der Waals surface area contributed by atoms with Crippen LogP contribution < -0.4 is 0 Å². The molecule has 3 saturated carbocycles. The molecule has 5 heterocycles. The Labute approximate surface area is 426 Å². The van der Waals surface area contributed by atoms with Crippen molar-refractivity contribution in [3.05, 3.63) is 11.6 Å². The molecule has 0 aromatic rings. The van der Waals surface area contributed by atoms with Crippen LogP contribution in [-0.2, 0) is 42.6 Å². The van der Waals surface area contributed by atoms with Gasteiger partial charge in [-0.1, -0.05) is 39.3 Å². The minimum Gasteiger partial charge on any atom is -0.394 e. The second-order valence-electron chi connectivity index (χ2n) is 23.9. The first kappa shape index (κ1) is 56.6. The average molecular weight is 1050 g/mol. The Kier molecular flexibility index (Phi) is 16.9. The van der Waals surface area contributed by atoms with Crippen LogP contribution in [0, 0.1) is 40.4 Å². The Morgan fingerprint density at radius 1 is 0.644 bits per heavy atom. The first-order chi connectivity index (χ1) is 34.5. The molecule has 0 aromatic heterocycles. The molecule has 0 bridgehead atoms. The third-order valence-corrected chi connectivity index (χ3v) is 19.4. The van der Waals surface area contributed by atoms with Gasteiger partial charge in [0.1, 0.15) is 85.5 Å². The Morgan fingerprint density at radius 2 is 1.23 bits per heavy atom. The van der Waals surface area contributed by atoms with Gasteiger partial charge in [0, 0.05) is 6.42 Å². The van der Waals surface area contributed by atoms with Gasteiger partial charge < -0.3 is 109 Å². The summed E-state index contributed by atoms with van der Waals surface area (Å²) in [6.07, 6.45) is -20.8. The average Bonchev–Trinajstić information content (AvgIpc) is 3.80. The van der Waals surface area contributed by atoms with Crippen molar-refractivity contribution in [1.82, 2.24) is 0 Å². The van der Waals surface area contributed by atoms with Crippen LogP contribution in [0.2, 0.25) is 0 Å². The molecule has 0 spiro atoms. The molecule has 22 nitrogen and oxygen atoms in total. The zero-order chi connectivity index (χ0) is 52.8. The van der Waals surface area contributed by atoms with Crippen LogP contribution >= 0.6 is 0 Å². The number of fused-ring (bicyclic) bond motifs is 7. The van der Waals surface area contributed by atoms with Crippen molar-refractivity contribution < 1.29 is 109 Å². The summed E-state index contributed by atoms with van der Waals surface area (Å²) in [6.45, 7) is 10.7. The van der Waals surface area contributed by atoms with Crippen molar-refractivity contribution in [1.29, 1.82) is 0 Å². The SMILES string of the molecule is C[C@H](CC[C@@]1(O)CC2OC3C4CC=C5C[C@@H](OC6O[C@H](CO)[C@@H](OC7O[C@@H](C)[C@H](O)[C@@H](O)[C@H]7O)[C@H](O)[C@H]6OC6O[C@@H](C)[C@H](O)[C@@H](O)[C@H]6O)CC[C@]5(C)C4CC[C@]3(C)C2[C@@H]1C)CO[C@@H]1O[C@H](CO)[C@@H](O)[C@H](O)[C@H]1O. The molecular formula is C51H84O22. The molecule has 9 rings (SSSR count). The quantitative estimate of drug-likeness (QED) is 0.0823. The molecule has 5 aliphatic heterocycles. The lowest BCUT2D eigenvalue weighted by Crippen LogP contribution is -2.66. The molecule has 9 aliphatic rings. The molecule has 0 aromatic carbocycles. The maximum atomic E-state index is 12.3. The van der Waals surface area contributed by atoms with E-state index in [2.05, 4.69) is 26.8 Å². The normalized spacial score (nSPS) is 55.5. The minimum absolute atomic E-state index is 0.000284. The largest absolute Gasteiger partial charge is 0.394 e. The van der Waals surface area contributed by atoms with Gasteiger partial charge in [0.2, 0.25) is 0 Å². The van der Waals surface area contributed by atoms with Gasteiger partial charge in [-0.25, -0.2) is 0 Å². The lowest BCUT2D eigenvalue weighted by atomic mass is 9.48.